The van der Waals surface area contributed by atoms with Gasteiger partial charge in [-0.2, -0.15) is 0 Å². The predicted octanol–water partition coefficient (Wildman–Crippen LogP) is 5.75. The van der Waals surface area contributed by atoms with Crippen LogP contribution < -0.4 is 5.32 Å². The van der Waals surface area contributed by atoms with Crippen molar-refractivity contribution in [3.63, 3.8) is 0 Å². The maximum absolute atomic E-state index is 6.26. The van der Waals surface area contributed by atoms with Crippen LogP contribution in [-0.4, -0.2) is 5.20 Å². The molecule has 0 atom stereocenters. The number of halogens is 1. The Labute approximate surface area is 183 Å². The van der Waals surface area contributed by atoms with Crippen LogP contribution in [0, 0.1) is 57.6 Å². The van der Waals surface area contributed by atoms with Gasteiger partial charge >= 0.3 is 178 Å². The van der Waals surface area contributed by atoms with E-state index in [4.69, 9.17) is 11.6 Å². The molecular formula is C18H16ClEuNS2. The molecule has 0 saturated carbocycles. The molecule has 0 bridgehead atoms. The molecule has 119 valence electrons. The molecule has 0 aliphatic carbocycles. The van der Waals surface area contributed by atoms with Crippen molar-refractivity contribution in [2.24, 2.45) is 0 Å². The van der Waals surface area contributed by atoms with Crippen LogP contribution in [0.2, 0.25) is 0 Å². The molecule has 1 aromatic heterocycles. The van der Waals surface area contributed by atoms with Crippen molar-refractivity contribution in [2.45, 2.75) is 13.3 Å². The van der Waals surface area contributed by atoms with E-state index < -0.39 is 0 Å². The molecule has 23 heavy (non-hydrogen) atoms. The Kier molecular flexibility index (Phi) is 8.61. The van der Waals surface area contributed by atoms with Crippen LogP contribution >= 0.6 is 34.7 Å². The van der Waals surface area contributed by atoms with E-state index in [1.165, 1.54) is 68.3 Å². The van der Waals surface area contributed by atoms with Crippen LogP contribution in [0.5, 0.6) is 0 Å². The normalized spacial score (nSPS) is 10.5. The van der Waals surface area contributed by atoms with Gasteiger partial charge in [0.25, 0.3) is 0 Å². The Hall–Kier alpha value is 0.114. The molecule has 0 amide bonds. The first-order valence-electron chi connectivity index (χ1n) is 7.03. The summed E-state index contributed by atoms with van der Waals surface area (Å²) in [6, 6.07) is 6.43. The molecule has 5 heteroatoms. The Bertz CT molecular complexity index is 811. The Balaban J connectivity index is 2.00. The molecule has 1 heterocycles. The molecule has 0 spiro atoms. The van der Waals surface area contributed by atoms with E-state index in [1.807, 2.05) is 6.08 Å². The molecule has 0 saturated heterocycles. The molecule has 1 N–H and O–H groups in total. The predicted molar refractivity (Wildman–Crippen MR) is 104 cm³/mol. The van der Waals surface area contributed by atoms with E-state index in [9.17, 15) is 0 Å². The molecule has 2 aromatic rings. The number of hydrogen-bond donors (Lipinski definition) is 1. The van der Waals surface area contributed by atoms with Crippen molar-refractivity contribution in [1.82, 2.24) is 0 Å². The van der Waals surface area contributed by atoms with Crippen LogP contribution in [0.25, 0.3) is 10.1 Å². The number of rotatable bonds is 6. The molecular weight excluding hydrogens is 482 g/mol. The quantitative estimate of drug-likeness (QED) is 0.236. The van der Waals surface area contributed by atoms with Crippen molar-refractivity contribution in [3.05, 3.63) is 53.4 Å². The second-order valence-electron chi connectivity index (χ2n) is 4.64. The SMILES string of the molecule is C=C(C#CSCNc1cc2ccsc2cc1[C](Cl)=[Eu])C=CCC. The van der Waals surface area contributed by atoms with Crippen LogP contribution in [0.1, 0.15) is 18.9 Å². The van der Waals surface area contributed by atoms with Crippen LogP contribution in [0.15, 0.2) is 47.9 Å². The first-order chi connectivity index (χ1) is 11.1. The molecule has 0 fully saturated rings. The van der Waals surface area contributed by atoms with Crippen molar-refractivity contribution >= 4 is 49.8 Å². The number of benzene rings is 1. The van der Waals surface area contributed by atoms with E-state index in [1.54, 1.807) is 11.3 Å². The molecule has 1 aromatic carbocycles. The first-order valence-corrected chi connectivity index (χ1v) is 10.5. The van der Waals surface area contributed by atoms with Gasteiger partial charge in [-0.1, -0.05) is 6.92 Å². The second kappa shape index (κ2) is 10.2. The minimum atomic E-state index is 0.705. The number of anilines is 1. The average Bonchev–Trinajstić information content (AvgIpc) is 2.98. The zero-order valence-corrected chi connectivity index (χ0v) is 17.5. The van der Waals surface area contributed by atoms with Gasteiger partial charge in [-0.25, -0.2) is 0 Å². The van der Waals surface area contributed by atoms with Gasteiger partial charge < -0.3 is 0 Å². The first kappa shape index (κ1) is 19.4. The summed E-state index contributed by atoms with van der Waals surface area (Å²) in [5, 5.41) is 9.81. The Morgan fingerprint density at radius 3 is 3.09 bits per heavy atom. The second-order valence-corrected chi connectivity index (χ2v) is 8.69. The topological polar surface area (TPSA) is 12.0 Å². The fourth-order valence-corrected chi connectivity index (χ4v) is 3.84. The van der Waals surface area contributed by atoms with Crippen molar-refractivity contribution in [3.8, 4) is 11.2 Å². The van der Waals surface area contributed by atoms with Gasteiger partial charge in [-0.3, -0.25) is 0 Å². The molecule has 0 radical (unpaired) electrons. The van der Waals surface area contributed by atoms with Gasteiger partial charge in [-0.15, -0.1) is 0 Å². The van der Waals surface area contributed by atoms with Gasteiger partial charge in [0.1, 0.15) is 0 Å². The number of allylic oxidation sites excluding steroid dienone is 3. The number of fused-ring (bicyclic) bond motifs is 1. The van der Waals surface area contributed by atoms with E-state index in [2.05, 4.69) is 59.6 Å². The summed E-state index contributed by atoms with van der Waals surface area (Å²) in [6.07, 6.45) is 5.01. The fraction of sp³-hybridized carbons (Fsp3) is 0.167. The van der Waals surface area contributed by atoms with Gasteiger partial charge in [-0.05, 0) is 0 Å². The van der Waals surface area contributed by atoms with E-state index in [0.29, 0.717) is 5.88 Å². The summed E-state index contributed by atoms with van der Waals surface area (Å²) < 4.78 is 2.10. The molecule has 0 unspecified atom stereocenters. The summed E-state index contributed by atoms with van der Waals surface area (Å²) in [6.45, 7) is 5.99. The fourth-order valence-electron chi connectivity index (χ4n) is 1.87. The van der Waals surface area contributed by atoms with E-state index in [-0.39, 0.29) is 0 Å². The third-order valence-electron chi connectivity index (χ3n) is 2.97. The minimum Gasteiger partial charge on any atom is -0.0619 e. The minimum absolute atomic E-state index is 0.705. The van der Waals surface area contributed by atoms with Gasteiger partial charge in [0.05, 0.1) is 0 Å². The third kappa shape index (κ3) is 6.16. The molecule has 1 nitrogen and oxygen atoms in total. The van der Waals surface area contributed by atoms with Gasteiger partial charge in [0.2, 0.25) is 0 Å². The van der Waals surface area contributed by atoms with Crippen LogP contribution in [0.3, 0.4) is 0 Å². The number of hydrogen-bond acceptors (Lipinski definition) is 3. The summed E-state index contributed by atoms with van der Waals surface area (Å²) in [5.74, 6) is 3.74. The zero-order chi connectivity index (χ0) is 16.7. The average molecular weight is 498 g/mol. The van der Waals surface area contributed by atoms with Crippen molar-refractivity contribution in [2.75, 3.05) is 11.2 Å². The summed E-state index contributed by atoms with van der Waals surface area (Å²) in [7, 11) is 0. The number of nitrogens with one attached hydrogen (secondary N) is 1. The van der Waals surface area contributed by atoms with Crippen molar-refractivity contribution in [1.29, 1.82) is 0 Å². The smallest absolute Gasteiger partial charge is 0.0619 e. The van der Waals surface area contributed by atoms with Gasteiger partial charge in [0, 0.05) is 0 Å². The van der Waals surface area contributed by atoms with E-state index in [0.717, 1.165) is 22.6 Å². The molecule has 0 aliphatic rings. The Morgan fingerprint density at radius 2 is 2.35 bits per heavy atom. The molecule has 2 rings (SSSR count). The van der Waals surface area contributed by atoms with Crippen LogP contribution in [0.4, 0.5) is 5.69 Å². The standard InChI is InChI=1S/C18H16ClNS2.Eu/c1-3-4-5-14(2)6-8-21-13-20-17-10-15-7-9-22-18(15)11-16(17)12-19;/h4-5,7,9-11,20H,2-3,13H2,1H3;. The zero-order valence-electron chi connectivity index (χ0n) is 12.7. The summed E-state index contributed by atoms with van der Waals surface area (Å²) >= 11 is 11.0. The van der Waals surface area contributed by atoms with Crippen LogP contribution in [-0.2, 0) is 0 Å². The summed E-state index contributed by atoms with van der Waals surface area (Å²) in [5.41, 5.74) is 2.97. The maximum atomic E-state index is 6.26. The van der Waals surface area contributed by atoms with Gasteiger partial charge in [0.15, 0.2) is 0 Å². The Morgan fingerprint density at radius 1 is 1.52 bits per heavy atom. The van der Waals surface area contributed by atoms with E-state index >= 15 is 0 Å². The third-order valence-corrected chi connectivity index (χ3v) is 5.24. The summed E-state index contributed by atoms with van der Waals surface area (Å²) in [4.78, 5) is 0. The molecule has 0 aliphatic heterocycles. The van der Waals surface area contributed by atoms with Crippen molar-refractivity contribution < 1.29 is 46.5 Å². The number of thioether (sulfide) groups is 1. The monoisotopic (exact) mass is 498 g/mol. The number of thiophene rings is 1.